The largest absolute Gasteiger partial charge is 0.486 e. The van der Waals surface area contributed by atoms with Gasteiger partial charge in [-0.05, 0) is 12.1 Å². The van der Waals surface area contributed by atoms with Gasteiger partial charge in [0.25, 0.3) is 5.91 Å². The fourth-order valence-corrected chi connectivity index (χ4v) is 2.52. The Morgan fingerprint density at radius 2 is 1.95 bits per heavy atom. The number of hydrogen-bond donors (Lipinski definition) is 2. The van der Waals surface area contributed by atoms with Crippen molar-refractivity contribution < 1.29 is 24.1 Å². The molecule has 1 amide bonds. The topological polar surface area (TPSA) is 77.0 Å². The maximum absolute atomic E-state index is 12.3. The Morgan fingerprint density at radius 3 is 2.76 bits per heavy atom. The van der Waals surface area contributed by atoms with Crippen LogP contribution in [0.25, 0.3) is 0 Å². The molecule has 114 valence electrons. The summed E-state index contributed by atoms with van der Waals surface area (Å²) in [4.78, 5) is 12.3. The molecule has 0 bridgehead atoms. The van der Waals surface area contributed by atoms with E-state index in [-0.39, 0.29) is 12.5 Å². The van der Waals surface area contributed by atoms with Crippen LogP contribution in [0.3, 0.4) is 0 Å². The number of carbonyl (C=O) groups excluding carboxylic acids is 1. The lowest BCUT2D eigenvalue weighted by atomic mass is 9.94. The number of ether oxygens (including phenoxy) is 3. The van der Waals surface area contributed by atoms with Gasteiger partial charge in [0, 0.05) is 32.6 Å². The minimum absolute atomic E-state index is 0.208. The molecule has 1 fully saturated rings. The van der Waals surface area contributed by atoms with Gasteiger partial charge in [-0.3, -0.25) is 4.79 Å². The molecule has 1 aromatic rings. The first-order valence-electron chi connectivity index (χ1n) is 7.15. The molecule has 0 radical (unpaired) electrons. The quantitative estimate of drug-likeness (QED) is 0.859. The van der Waals surface area contributed by atoms with E-state index < -0.39 is 5.60 Å². The SMILES string of the molecule is O=C(NCC1(O)CCOCC1)c1cccc2c1OCCO2. The van der Waals surface area contributed by atoms with Crippen LogP contribution in [-0.4, -0.2) is 49.6 Å². The van der Waals surface area contributed by atoms with Crippen LogP contribution in [0.2, 0.25) is 0 Å². The summed E-state index contributed by atoms with van der Waals surface area (Å²) in [5.74, 6) is 0.788. The molecular formula is C15H19NO5. The van der Waals surface area contributed by atoms with Gasteiger partial charge in [0.15, 0.2) is 11.5 Å². The third-order valence-corrected chi connectivity index (χ3v) is 3.81. The lowest BCUT2D eigenvalue weighted by Crippen LogP contribution is -2.46. The Bertz CT molecular complexity index is 525. The second-order valence-corrected chi connectivity index (χ2v) is 5.35. The van der Waals surface area contributed by atoms with E-state index in [9.17, 15) is 9.90 Å². The molecule has 21 heavy (non-hydrogen) atoms. The summed E-state index contributed by atoms with van der Waals surface area (Å²) in [6.45, 7) is 2.16. The number of rotatable bonds is 3. The van der Waals surface area contributed by atoms with Gasteiger partial charge in [-0.2, -0.15) is 0 Å². The van der Waals surface area contributed by atoms with Gasteiger partial charge in [0.05, 0.1) is 11.2 Å². The second kappa shape index (κ2) is 5.91. The molecule has 0 aromatic heterocycles. The van der Waals surface area contributed by atoms with Gasteiger partial charge < -0.3 is 24.6 Å². The maximum Gasteiger partial charge on any atom is 0.255 e. The van der Waals surface area contributed by atoms with Crippen LogP contribution in [0.15, 0.2) is 18.2 Å². The average Bonchev–Trinajstić information content (AvgIpc) is 2.53. The van der Waals surface area contributed by atoms with Gasteiger partial charge in [-0.1, -0.05) is 6.07 Å². The summed E-state index contributed by atoms with van der Waals surface area (Å²) < 4.78 is 16.2. The van der Waals surface area contributed by atoms with E-state index in [1.807, 2.05) is 0 Å². The Labute approximate surface area is 123 Å². The molecule has 1 saturated heterocycles. The predicted molar refractivity (Wildman–Crippen MR) is 74.8 cm³/mol. The molecule has 0 atom stereocenters. The summed E-state index contributed by atoms with van der Waals surface area (Å²) in [5, 5.41) is 13.1. The van der Waals surface area contributed by atoms with Crippen LogP contribution < -0.4 is 14.8 Å². The Balaban J connectivity index is 1.68. The van der Waals surface area contributed by atoms with Gasteiger partial charge in [-0.15, -0.1) is 0 Å². The highest BCUT2D eigenvalue weighted by Gasteiger charge is 2.31. The summed E-state index contributed by atoms with van der Waals surface area (Å²) >= 11 is 0. The van der Waals surface area contributed by atoms with Crippen molar-refractivity contribution in [2.45, 2.75) is 18.4 Å². The number of hydrogen-bond acceptors (Lipinski definition) is 5. The fraction of sp³-hybridized carbons (Fsp3) is 0.533. The van der Waals surface area contributed by atoms with Gasteiger partial charge in [-0.25, -0.2) is 0 Å². The lowest BCUT2D eigenvalue weighted by molar-refractivity contribution is -0.0605. The van der Waals surface area contributed by atoms with Crippen LogP contribution in [0.4, 0.5) is 0 Å². The highest BCUT2D eigenvalue weighted by molar-refractivity contribution is 5.97. The predicted octanol–water partition coefficient (Wildman–Crippen LogP) is 0.729. The first-order chi connectivity index (χ1) is 10.2. The van der Waals surface area contributed by atoms with Gasteiger partial charge >= 0.3 is 0 Å². The van der Waals surface area contributed by atoms with Crippen LogP contribution in [0, 0.1) is 0 Å². The van der Waals surface area contributed by atoms with Crippen LogP contribution in [0.1, 0.15) is 23.2 Å². The molecule has 0 saturated carbocycles. The first kappa shape index (κ1) is 14.2. The third kappa shape index (κ3) is 3.11. The number of carbonyl (C=O) groups is 1. The van der Waals surface area contributed by atoms with E-state index in [2.05, 4.69) is 5.32 Å². The molecule has 6 heteroatoms. The average molecular weight is 293 g/mol. The van der Waals surface area contributed by atoms with Crippen LogP contribution in [0.5, 0.6) is 11.5 Å². The summed E-state index contributed by atoms with van der Waals surface area (Å²) in [7, 11) is 0. The van der Waals surface area contributed by atoms with Gasteiger partial charge in [0.1, 0.15) is 13.2 Å². The number of fused-ring (bicyclic) bond motifs is 1. The second-order valence-electron chi connectivity index (χ2n) is 5.35. The highest BCUT2D eigenvalue weighted by atomic mass is 16.6. The Morgan fingerprint density at radius 1 is 1.19 bits per heavy atom. The minimum Gasteiger partial charge on any atom is -0.486 e. The van der Waals surface area contributed by atoms with E-state index in [1.54, 1.807) is 18.2 Å². The molecule has 0 spiro atoms. The zero-order valence-corrected chi connectivity index (χ0v) is 11.8. The first-order valence-corrected chi connectivity index (χ1v) is 7.15. The van der Waals surface area contributed by atoms with Gasteiger partial charge in [0.2, 0.25) is 0 Å². The smallest absolute Gasteiger partial charge is 0.255 e. The van der Waals surface area contributed by atoms with Crippen molar-refractivity contribution in [3.8, 4) is 11.5 Å². The maximum atomic E-state index is 12.3. The van der Waals surface area contributed by atoms with Crippen molar-refractivity contribution in [2.75, 3.05) is 33.0 Å². The number of amides is 1. The zero-order chi connectivity index (χ0) is 14.7. The van der Waals surface area contributed by atoms with E-state index in [1.165, 1.54) is 0 Å². The zero-order valence-electron chi connectivity index (χ0n) is 11.8. The molecule has 1 aromatic carbocycles. The van der Waals surface area contributed by atoms with E-state index >= 15 is 0 Å². The van der Waals surface area contributed by atoms with Crippen molar-refractivity contribution in [1.82, 2.24) is 5.32 Å². The number of benzene rings is 1. The van der Waals surface area contributed by atoms with Crippen LogP contribution >= 0.6 is 0 Å². The standard InChI is InChI=1S/C15H19NO5/c17-14(16-10-15(18)4-6-19-7-5-15)11-2-1-3-12-13(11)21-9-8-20-12/h1-3,18H,4-10H2,(H,16,17). The van der Waals surface area contributed by atoms with Crippen molar-refractivity contribution in [3.63, 3.8) is 0 Å². The summed E-state index contributed by atoms with van der Waals surface area (Å²) in [6, 6.07) is 5.22. The molecule has 6 nitrogen and oxygen atoms in total. The molecule has 2 N–H and O–H groups in total. The van der Waals surface area contributed by atoms with E-state index in [4.69, 9.17) is 14.2 Å². The highest BCUT2D eigenvalue weighted by Crippen LogP contribution is 2.33. The molecular weight excluding hydrogens is 274 g/mol. The van der Waals surface area contributed by atoms with Crippen molar-refractivity contribution in [1.29, 1.82) is 0 Å². The van der Waals surface area contributed by atoms with E-state index in [0.717, 1.165) is 0 Å². The fourth-order valence-electron chi connectivity index (χ4n) is 2.52. The Kier molecular flexibility index (Phi) is 3.98. The summed E-state index contributed by atoms with van der Waals surface area (Å²) in [6.07, 6.45) is 1.06. The number of para-hydroxylation sites is 1. The molecule has 2 aliphatic rings. The molecule has 2 aliphatic heterocycles. The van der Waals surface area contributed by atoms with Crippen LogP contribution in [-0.2, 0) is 4.74 Å². The molecule has 0 aliphatic carbocycles. The molecule has 3 rings (SSSR count). The lowest BCUT2D eigenvalue weighted by Gasteiger charge is -2.32. The van der Waals surface area contributed by atoms with Crippen molar-refractivity contribution in [3.05, 3.63) is 23.8 Å². The third-order valence-electron chi connectivity index (χ3n) is 3.81. The normalized spacial score (nSPS) is 19.9. The monoisotopic (exact) mass is 293 g/mol. The van der Waals surface area contributed by atoms with Crippen molar-refractivity contribution >= 4 is 5.91 Å². The van der Waals surface area contributed by atoms with E-state index in [0.29, 0.717) is 56.3 Å². The molecule has 0 unspecified atom stereocenters. The number of aliphatic hydroxyl groups is 1. The Hall–Kier alpha value is -1.79. The molecule has 2 heterocycles. The van der Waals surface area contributed by atoms with Crippen molar-refractivity contribution in [2.24, 2.45) is 0 Å². The minimum atomic E-state index is -0.889. The number of nitrogens with one attached hydrogen (secondary N) is 1. The summed E-state index contributed by atoms with van der Waals surface area (Å²) in [5.41, 5.74) is -0.456.